The van der Waals surface area contributed by atoms with Gasteiger partial charge in [-0.2, -0.15) is 0 Å². The molecule has 2 atom stereocenters. The van der Waals surface area contributed by atoms with Crippen molar-refractivity contribution in [3.8, 4) is 0 Å². The van der Waals surface area contributed by atoms with Gasteiger partial charge >= 0.3 is 0 Å². The zero-order valence-corrected chi connectivity index (χ0v) is 18.6. The highest BCUT2D eigenvalue weighted by atomic mass is 16.2. The van der Waals surface area contributed by atoms with E-state index in [9.17, 15) is 4.79 Å². The van der Waals surface area contributed by atoms with E-state index in [-0.39, 0.29) is 18.0 Å². The third-order valence-electron chi connectivity index (χ3n) is 6.53. The summed E-state index contributed by atoms with van der Waals surface area (Å²) in [6.07, 6.45) is 3.28. The standard InChI is InChI=1S/C25H36N4O/c1-18(2)26-25(30)24-15-23(27-22-10-12-28(3)13-11-22)17-29(24)16-19-8-9-20-6-4-5-7-21(20)14-19/h4-9,14,18,22-24,27H,10-13,15-17H2,1-3H3,(H,26,30)/t23-,24-/m0/s1. The molecule has 0 saturated carbocycles. The van der Waals surface area contributed by atoms with Gasteiger partial charge in [-0.25, -0.2) is 0 Å². The molecule has 2 aromatic carbocycles. The van der Waals surface area contributed by atoms with Crippen LogP contribution in [0.15, 0.2) is 42.5 Å². The van der Waals surface area contributed by atoms with E-state index < -0.39 is 0 Å². The molecule has 0 unspecified atom stereocenters. The van der Waals surface area contributed by atoms with Gasteiger partial charge in [-0.15, -0.1) is 0 Å². The van der Waals surface area contributed by atoms with Crippen LogP contribution in [0.3, 0.4) is 0 Å². The molecule has 2 heterocycles. The minimum Gasteiger partial charge on any atom is -0.353 e. The number of carbonyl (C=O) groups excluding carboxylic acids is 1. The van der Waals surface area contributed by atoms with E-state index >= 15 is 0 Å². The second-order valence-corrected chi connectivity index (χ2v) is 9.47. The smallest absolute Gasteiger partial charge is 0.237 e. The van der Waals surface area contributed by atoms with Crippen LogP contribution >= 0.6 is 0 Å². The van der Waals surface area contributed by atoms with Crippen molar-refractivity contribution in [1.82, 2.24) is 20.4 Å². The Bertz CT molecular complexity index is 859. The molecule has 2 fully saturated rings. The summed E-state index contributed by atoms with van der Waals surface area (Å²) in [7, 11) is 2.20. The van der Waals surface area contributed by atoms with Crippen molar-refractivity contribution in [3.05, 3.63) is 48.0 Å². The number of fused-ring (bicyclic) bond motifs is 1. The fourth-order valence-corrected chi connectivity index (χ4v) is 4.93. The van der Waals surface area contributed by atoms with Crippen LogP contribution in [0.25, 0.3) is 10.8 Å². The highest BCUT2D eigenvalue weighted by Crippen LogP contribution is 2.24. The maximum atomic E-state index is 13.0. The molecule has 2 aromatic rings. The van der Waals surface area contributed by atoms with Crippen LogP contribution in [0.2, 0.25) is 0 Å². The van der Waals surface area contributed by atoms with Crippen molar-refractivity contribution in [3.63, 3.8) is 0 Å². The lowest BCUT2D eigenvalue weighted by atomic mass is 10.0. The van der Waals surface area contributed by atoms with Crippen LogP contribution in [0.5, 0.6) is 0 Å². The zero-order valence-electron chi connectivity index (χ0n) is 18.6. The number of rotatable bonds is 6. The number of nitrogens with zero attached hydrogens (tertiary/aromatic N) is 2. The summed E-state index contributed by atoms with van der Waals surface area (Å²) >= 11 is 0. The quantitative estimate of drug-likeness (QED) is 0.772. The van der Waals surface area contributed by atoms with Gasteiger partial charge in [0.05, 0.1) is 6.04 Å². The number of nitrogens with one attached hydrogen (secondary N) is 2. The van der Waals surface area contributed by atoms with Crippen molar-refractivity contribution >= 4 is 16.7 Å². The first-order valence-corrected chi connectivity index (χ1v) is 11.4. The SMILES string of the molecule is CC(C)NC(=O)[C@@H]1C[C@H](NC2CCN(C)CC2)CN1Cc1ccc2ccccc2c1. The summed E-state index contributed by atoms with van der Waals surface area (Å²) in [5.41, 5.74) is 1.27. The summed E-state index contributed by atoms with van der Waals surface area (Å²) in [6.45, 7) is 8.12. The molecule has 30 heavy (non-hydrogen) atoms. The monoisotopic (exact) mass is 408 g/mol. The molecule has 2 aliphatic rings. The Morgan fingerprint density at radius 3 is 2.53 bits per heavy atom. The van der Waals surface area contributed by atoms with E-state index in [1.165, 1.54) is 29.2 Å². The van der Waals surface area contributed by atoms with Crippen molar-refractivity contribution < 1.29 is 4.79 Å². The number of hydrogen-bond acceptors (Lipinski definition) is 4. The molecule has 162 valence electrons. The van der Waals surface area contributed by atoms with Crippen molar-refractivity contribution in [2.24, 2.45) is 0 Å². The Morgan fingerprint density at radius 1 is 1.07 bits per heavy atom. The van der Waals surface area contributed by atoms with E-state index in [2.05, 4.69) is 69.9 Å². The largest absolute Gasteiger partial charge is 0.353 e. The minimum atomic E-state index is -0.0670. The predicted octanol–water partition coefficient (Wildman–Crippen LogP) is 2.99. The van der Waals surface area contributed by atoms with E-state index in [1.54, 1.807) is 0 Å². The number of carbonyl (C=O) groups is 1. The van der Waals surface area contributed by atoms with Gasteiger partial charge in [-0.1, -0.05) is 36.4 Å². The Balaban J connectivity index is 1.46. The normalized spacial score (nSPS) is 24.0. The molecule has 0 bridgehead atoms. The average molecular weight is 409 g/mol. The van der Waals surface area contributed by atoms with Crippen LogP contribution in [0.4, 0.5) is 0 Å². The molecule has 2 aliphatic heterocycles. The van der Waals surface area contributed by atoms with E-state index in [1.807, 2.05) is 13.8 Å². The summed E-state index contributed by atoms with van der Waals surface area (Å²) < 4.78 is 0. The second-order valence-electron chi connectivity index (χ2n) is 9.47. The number of likely N-dealkylation sites (tertiary alicyclic amines) is 2. The van der Waals surface area contributed by atoms with Gasteiger partial charge < -0.3 is 15.5 Å². The highest BCUT2D eigenvalue weighted by Gasteiger charge is 2.37. The third-order valence-corrected chi connectivity index (χ3v) is 6.53. The molecular formula is C25H36N4O. The first-order valence-electron chi connectivity index (χ1n) is 11.4. The van der Waals surface area contributed by atoms with Gasteiger partial charge in [0, 0.05) is 31.2 Å². The van der Waals surface area contributed by atoms with Crippen molar-refractivity contribution in [2.75, 3.05) is 26.7 Å². The molecule has 0 aromatic heterocycles. The van der Waals surface area contributed by atoms with Gasteiger partial charge in [-0.3, -0.25) is 9.69 Å². The summed E-state index contributed by atoms with van der Waals surface area (Å²) in [5, 5.41) is 9.54. The molecule has 1 amide bonds. The first-order chi connectivity index (χ1) is 14.5. The third kappa shape index (κ3) is 5.20. The summed E-state index contributed by atoms with van der Waals surface area (Å²) in [6, 6.07) is 16.2. The number of amides is 1. The Morgan fingerprint density at radius 2 is 1.80 bits per heavy atom. The van der Waals surface area contributed by atoms with E-state index in [4.69, 9.17) is 0 Å². The molecule has 5 heteroatoms. The lowest BCUT2D eigenvalue weighted by molar-refractivity contribution is -0.126. The van der Waals surface area contributed by atoms with Gasteiger partial charge in [0.2, 0.25) is 5.91 Å². The zero-order chi connectivity index (χ0) is 21.1. The lowest BCUT2D eigenvalue weighted by Crippen LogP contribution is -2.46. The highest BCUT2D eigenvalue weighted by molar-refractivity contribution is 5.83. The van der Waals surface area contributed by atoms with Crippen LogP contribution in [0.1, 0.15) is 38.7 Å². The van der Waals surface area contributed by atoms with Gasteiger partial charge in [-0.05, 0) is 75.6 Å². The topological polar surface area (TPSA) is 47.6 Å². The number of piperidine rings is 1. The maximum Gasteiger partial charge on any atom is 0.237 e. The molecular weight excluding hydrogens is 372 g/mol. The van der Waals surface area contributed by atoms with Crippen LogP contribution in [-0.4, -0.2) is 66.6 Å². The fourth-order valence-electron chi connectivity index (χ4n) is 4.93. The lowest BCUT2D eigenvalue weighted by Gasteiger charge is -2.31. The second kappa shape index (κ2) is 9.46. The molecule has 5 nitrogen and oxygen atoms in total. The van der Waals surface area contributed by atoms with Crippen molar-refractivity contribution in [2.45, 2.75) is 63.8 Å². The van der Waals surface area contributed by atoms with Crippen molar-refractivity contribution in [1.29, 1.82) is 0 Å². The Kier molecular flexibility index (Phi) is 6.71. The van der Waals surface area contributed by atoms with Crippen LogP contribution in [0, 0.1) is 0 Å². The summed E-state index contributed by atoms with van der Waals surface area (Å²) in [4.78, 5) is 17.7. The summed E-state index contributed by atoms with van der Waals surface area (Å²) in [5.74, 6) is 0.165. The fraction of sp³-hybridized carbons (Fsp3) is 0.560. The van der Waals surface area contributed by atoms with Gasteiger partial charge in [0.25, 0.3) is 0 Å². The molecule has 0 spiro atoms. The van der Waals surface area contributed by atoms with E-state index in [0.717, 1.165) is 32.6 Å². The molecule has 2 saturated heterocycles. The maximum absolute atomic E-state index is 13.0. The molecule has 0 radical (unpaired) electrons. The van der Waals surface area contributed by atoms with Crippen LogP contribution in [-0.2, 0) is 11.3 Å². The Hall–Kier alpha value is -1.95. The Labute approximate surface area is 180 Å². The average Bonchev–Trinajstić information content (AvgIpc) is 3.11. The molecule has 0 aliphatic carbocycles. The van der Waals surface area contributed by atoms with E-state index in [0.29, 0.717) is 12.1 Å². The molecule has 2 N–H and O–H groups in total. The number of benzene rings is 2. The number of hydrogen-bond donors (Lipinski definition) is 2. The van der Waals surface area contributed by atoms with Crippen LogP contribution < -0.4 is 10.6 Å². The predicted molar refractivity (Wildman–Crippen MR) is 123 cm³/mol. The molecule has 4 rings (SSSR count). The minimum absolute atomic E-state index is 0.0670. The van der Waals surface area contributed by atoms with Gasteiger partial charge in [0.1, 0.15) is 0 Å². The van der Waals surface area contributed by atoms with Gasteiger partial charge in [0.15, 0.2) is 0 Å². The first kappa shape index (κ1) is 21.3.